The predicted octanol–water partition coefficient (Wildman–Crippen LogP) is 4.70. The molecule has 4 amide bonds. The Hall–Kier alpha value is -4.13. The fourth-order valence-electron chi connectivity index (χ4n) is 2.90. The van der Waals surface area contributed by atoms with E-state index in [4.69, 9.17) is 0 Å². The lowest BCUT2D eigenvalue weighted by Gasteiger charge is -2.19. The molecule has 3 aromatic carbocycles. The molecule has 7 nitrogen and oxygen atoms in total. The Morgan fingerprint density at radius 3 is 1.72 bits per heavy atom. The highest BCUT2D eigenvalue weighted by Gasteiger charge is 2.14. The van der Waals surface area contributed by atoms with E-state index in [1.54, 1.807) is 60.7 Å². The molecule has 0 aromatic heterocycles. The Labute approximate surface area is 187 Å². The maximum Gasteiger partial charge on any atom is 0.337 e. The number of nitrogens with one attached hydrogen (secondary N) is 4. The molecule has 7 heteroatoms. The number of hydrogen-bond acceptors (Lipinski definition) is 3. The van der Waals surface area contributed by atoms with Gasteiger partial charge in [0.25, 0.3) is 11.8 Å². The van der Waals surface area contributed by atoms with Gasteiger partial charge in [0, 0.05) is 22.5 Å². The van der Waals surface area contributed by atoms with Gasteiger partial charge < -0.3 is 10.6 Å². The van der Waals surface area contributed by atoms with Crippen LogP contribution in [0.4, 0.5) is 16.2 Å². The molecule has 3 aromatic rings. The van der Waals surface area contributed by atoms with Gasteiger partial charge in [-0.25, -0.2) is 10.2 Å². The normalized spacial score (nSPS) is 10.7. The van der Waals surface area contributed by atoms with E-state index in [0.717, 1.165) is 5.56 Å². The van der Waals surface area contributed by atoms with Gasteiger partial charge in [0.2, 0.25) is 0 Å². The van der Waals surface area contributed by atoms with Crippen LogP contribution in [-0.2, 0) is 5.41 Å². The van der Waals surface area contributed by atoms with Crippen LogP contribution in [0, 0.1) is 0 Å². The Kier molecular flexibility index (Phi) is 6.90. The summed E-state index contributed by atoms with van der Waals surface area (Å²) < 4.78 is 0. The summed E-state index contributed by atoms with van der Waals surface area (Å²) in [5, 5.41) is 5.40. The van der Waals surface area contributed by atoms with Crippen LogP contribution in [0.2, 0.25) is 0 Å². The number of benzene rings is 3. The number of hydrazine groups is 1. The predicted molar refractivity (Wildman–Crippen MR) is 126 cm³/mol. The molecule has 0 unspecified atom stereocenters. The van der Waals surface area contributed by atoms with Gasteiger partial charge in [-0.15, -0.1) is 0 Å². The van der Waals surface area contributed by atoms with Crippen molar-refractivity contribution in [2.45, 2.75) is 26.2 Å². The summed E-state index contributed by atoms with van der Waals surface area (Å²) in [6.07, 6.45) is 0. The topological polar surface area (TPSA) is 99.3 Å². The van der Waals surface area contributed by atoms with Gasteiger partial charge in [-0.3, -0.25) is 15.0 Å². The van der Waals surface area contributed by atoms with Crippen molar-refractivity contribution in [1.82, 2.24) is 10.9 Å². The van der Waals surface area contributed by atoms with E-state index in [-0.39, 0.29) is 11.3 Å². The number of para-hydroxylation sites is 1. The van der Waals surface area contributed by atoms with Gasteiger partial charge in [0.1, 0.15) is 0 Å². The second-order valence-corrected chi connectivity index (χ2v) is 8.26. The minimum absolute atomic E-state index is 0.0164. The summed E-state index contributed by atoms with van der Waals surface area (Å²) in [5.74, 6) is -0.717. The minimum Gasteiger partial charge on any atom is -0.322 e. The van der Waals surface area contributed by atoms with Gasteiger partial charge in [-0.1, -0.05) is 51.1 Å². The second-order valence-electron chi connectivity index (χ2n) is 8.26. The summed E-state index contributed by atoms with van der Waals surface area (Å²) in [4.78, 5) is 36.6. The first kappa shape index (κ1) is 22.6. The molecule has 0 heterocycles. The molecule has 0 aliphatic heterocycles. The first-order valence-corrected chi connectivity index (χ1v) is 10.2. The molecule has 3 rings (SSSR count). The van der Waals surface area contributed by atoms with Crippen molar-refractivity contribution in [3.05, 3.63) is 95.6 Å². The molecule has 0 saturated heterocycles. The molecule has 0 fully saturated rings. The van der Waals surface area contributed by atoms with Crippen LogP contribution in [-0.4, -0.2) is 17.8 Å². The van der Waals surface area contributed by atoms with Crippen LogP contribution < -0.4 is 21.5 Å². The van der Waals surface area contributed by atoms with Gasteiger partial charge in [0.15, 0.2) is 0 Å². The summed E-state index contributed by atoms with van der Waals surface area (Å²) >= 11 is 0. The van der Waals surface area contributed by atoms with Crippen LogP contribution in [0.5, 0.6) is 0 Å². The first-order valence-electron chi connectivity index (χ1n) is 10.2. The van der Waals surface area contributed by atoms with E-state index < -0.39 is 11.9 Å². The molecule has 4 N–H and O–H groups in total. The average molecular weight is 431 g/mol. The Morgan fingerprint density at radius 2 is 1.12 bits per heavy atom. The van der Waals surface area contributed by atoms with Crippen LogP contribution in [0.3, 0.4) is 0 Å². The summed E-state index contributed by atoms with van der Waals surface area (Å²) in [6, 6.07) is 22.2. The standard InChI is InChI=1S/C25H26N4O3/c1-25(2,3)19-13-9-17(10-14-19)22(30)26-21-15-11-18(12-16-21)23(31)28-29-24(32)27-20-7-5-4-6-8-20/h4-16H,1-3H3,(H,26,30)(H,28,31)(H2,27,29,32). The van der Waals surface area contributed by atoms with E-state index in [1.165, 1.54) is 0 Å². The highest BCUT2D eigenvalue weighted by Crippen LogP contribution is 2.22. The molecule has 164 valence electrons. The molecule has 0 atom stereocenters. The maximum absolute atomic E-state index is 12.5. The monoisotopic (exact) mass is 430 g/mol. The Balaban J connectivity index is 1.52. The van der Waals surface area contributed by atoms with Crippen molar-refractivity contribution in [3.63, 3.8) is 0 Å². The quantitative estimate of drug-likeness (QED) is 0.451. The van der Waals surface area contributed by atoms with Crippen molar-refractivity contribution >= 4 is 29.2 Å². The van der Waals surface area contributed by atoms with Crippen molar-refractivity contribution in [2.24, 2.45) is 0 Å². The van der Waals surface area contributed by atoms with Crippen LogP contribution in [0.1, 0.15) is 47.1 Å². The van der Waals surface area contributed by atoms with Crippen LogP contribution >= 0.6 is 0 Å². The van der Waals surface area contributed by atoms with Crippen LogP contribution in [0.25, 0.3) is 0 Å². The summed E-state index contributed by atoms with van der Waals surface area (Å²) in [6.45, 7) is 6.35. The fourth-order valence-corrected chi connectivity index (χ4v) is 2.90. The second kappa shape index (κ2) is 9.78. The molecule has 0 saturated carbocycles. The molecular weight excluding hydrogens is 404 g/mol. The van der Waals surface area contributed by atoms with E-state index in [0.29, 0.717) is 22.5 Å². The zero-order chi connectivity index (χ0) is 23.1. The fraction of sp³-hybridized carbons (Fsp3) is 0.160. The molecule has 32 heavy (non-hydrogen) atoms. The van der Waals surface area contributed by atoms with E-state index in [2.05, 4.69) is 42.3 Å². The van der Waals surface area contributed by atoms with Crippen molar-refractivity contribution in [2.75, 3.05) is 10.6 Å². The summed E-state index contributed by atoms with van der Waals surface area (Å²) in [5.41, 5.74) is 7.83. The number of anilines is 2. The van der Waals surface area contributed by atoms with E-state index >= 15 is 0 Å². The molecule has 0 radical (unpaired) electrons. The summed E-state index contributed by atoms with van der Waals surface area (Å²) in [7, 11) is 0. The third kappa shape index (κ3) is 6.18. The maximum atomic E-state index is 12.5. The zero-order valence-electron chi connectivity index (χ0n) is 18.2. The molecule has 0 aliphatic carbocycles. The number of carbonyl (C=O) groups excluding carboxylic acids is 3. The number of carbonyl (C=O) groups is 3. The first-order chi connectivity index (χ1) is 15.2. The molecule has 0 aliphatic rings. The zero-order valence-corrected chi connectivity index (χ0v) is 18.2. The number of rotatable bonds is 4. The number of amides is 4. The lowest BCUT2D eigenvalue weighted by atomic mass is 9.87. The van der Waals surface area contributed by atoms with Gasteiger partial charge in [-0.05, 0) is 59.5 Å². The van der Waals surface area contributed by atoms with Gasteiger partial charge in [0.05, 0.1) is 0 Å². The Bertz CT molecular complexity index is 1090. The molecular formula is C25H26N4O3. The highest BCUT2D eigenvalue weighted by molar-refractivity contribution is 6.04. The van der Waals surface area contributed by atoms with Crippen molar-refractivity contribution in [3.8, 4) is 0 Å². The average Bonchev–Trinajstić information content (AvgIpc) is 2.78. The molecule has 0 spiro atoms. The lowest BCUT2D eigenvalue weighted by Crippen LogP contribution is -2.43. The van der Waals surface area contributed by atoms with E-state index in [1.807, 2.05) is 18.2 Å². The third-order valence-electron chi connectivity index (χ3n) is 4.74. The number of hydrogen-bond donors (Lipinski definition) is 4. The smallest absolute Gasteiger partial charge is 0.322 e. The SMILES string of the molecule is CC(C)(C)c1ccc(C(=O)Nc2ccc(C(=O)NNC(=O)Nc3ccccc3)cc2)cc1. The van der Waals surface area contributed by atoms with Crippen LogP contribution in [0.15, 0.2) is 78.9 Å². The van der Waals surface area contributed by atoms with Crippen molar-refractivity contribution in [1.29, 1.82) is 0 Å². The lowest BCUT2D eigenvalue weighted by molar-refractivity contribution is 0.0937. The highest BCUT2D eigenvalue weighted by atomic mass is 16.2. The molecule has 0 bridgehead atoms. The number of urea groups is 1. The van der Waals surface area contributed by atoms with Crippen molar-refractivity contribution < 1.29 is 14.4 Å². The minimum atomic E-state index is -0.564. The Morgan fingerprint density at radius 1 is 0.594 bits per heavy atom. The third-order valence-corrected chi connectivity index (χ3v) is 4.74. The van der Waals surface area contributed by atoms with Gasteiger partial charge >= 0.3 is 6.03 Å². The van der Waals surface area contributed by atoms with Gasteiger partial charge in [-0.2, -0.15) is 0 Å². The van der Waals surface area contributed by atoms with E-state index in [9.17, 15) is 14.4 Å². The largest absolute Gasteiger partial charge is 0.337 e.